The van der Waals surface area contributed by atoms with Gasteiger partial charge in [0.05, 0.1) is 3.39 Å². The minimum Gasteiger partial charge on any atom is -0.382 e. The van der Waals surface area contributed by atoms with Crippen LogP contribution in [0.4, 0.5) is 10.1 Å². The Bertz CT molecular complexity index is 371. The van der Waals surface area contributed by atoms with Crippen molar-refractivity contribution in [3.8, 4) is 0 Å². The highest BCUT2D eigenvalue weighted by molar-refractivity contribution is 9.28. The molecule has 0 aliphatic rings. The third-order valence-corrected chi connectivity index (χ3v) is 2.18. The highest BCUT2D eigenvalue weighted by Crippen LogP contribution is 2.25. The Kier molecular flexibility index (Phi) is 4.80. The van der Waals surface area contributed by atoms with Gasteiger partial charge in [0, 0.05) is 17.3 Å². The minimum atomic E-state index is -0.239. The summed E-state index contributed by atoms with van der Waals surface area (Å²) in [6.45, 7) is 4.08. The summed E-state index contributed by atoms with van der Waals surface area (Å²) in [6.07, 6.45) is 1.81. The first kappa shape index (κ1) is 12.7. The third-order valence-electron chi connectivity index (χ3n) is 1.72. The van der Waals surface area contributed by atoms with Gasteiger partial charge in [-0.25, -0.2) is 4.39 Å². The molecule has 0 radical (unpaired) electrons. The second-order valence-corrected chi connectivity index (χ2v) is 6.24. The van der Waals surface area contributed by atoms with Gasteiger partial charge in [-0.15, -0.1) is 0 Å². The number of hydrogen-bond acceptors (Lipinski definition) is 1. The summed E-state index contributed by atoms with van der Waals surface area (Å²) in [5.41, 5.74) is 1.73. The van der Waals surface area contributed by atoms with E-state index in [-0.39, 0.29) is 5.82 Å². The fourth-order valence-corrected chi connectivity index (χ4v) is 1.71. The van der Waals surface area contributed by atoms with E-state index in [0.717, 1.165) is 14.6 Å². The van der Waals surface area contributed by atoms with Crippen molar-refractivity contribution in [3.63, 3.8) is 0 Å². The molecule has 15 heavy (non-hydrogen) atoms. The van der Waals surface area contributed by atoms with E-state index in [1.807, 2.05) is 19.9 Å². The van der Waals surface area contributed by atoms with Gasteiger partial charge in [0.1, 0.15) is 5.82 Å². The maximum absolute atomic E-state index is 13.0. The molecule has 0 fully saturated rings. The lowest BCUT2D eigenvalue weighted by Gasteiger charge is -2.12. The molecular formula is C11H12Br2FN. The molecule has 4 heteroatoms. The van der Waals surface area contributed by atoms with Crippen molar-refractivity contribution in [3.05, 3.63) is 33.0 Å². The van der Waals surface area contributed by atoms with Crippen molar-refractivity contribution < 1.29 is 4.39 Å². The summed E-state index contributed by atoms with van der Waals surface area (Å²) < 4.78 is 13.8. The van der Waals surface area contributed by atoms with E-state index in [9.17, 15) is 4.39 Å². The Morgan fingerprint density at radius 3 is 2.60 bits per heavy atom. The van der Waals surface area contributed by atoms with Gasteiger partial charge in [-0.2, -0.15) is 0 Å². The van der Waals surface area contributed by atoms with Gasteiger partial charge < -0.3 is 5.32 Å². The molecule has 0 amide bonds. The molecule has 0 aliphatic heterocycles. The first-order valence-corrected chi connectivity index (χ1v) is 6.16. The van der Waals surface area contributed by atoms with Gasteiger partial charge in [0.2, 0.25) is 0 Å². The maximum atomic E-state index is 13.0. The summed E-state index contributed by atoms with van der Waals surface area (Å²) in [4.78, 5) is 0. The molecule has 0 unspecified atom stereocenters. The summed E-state index contributed by atoms with van der Waals surface area (Å²) in [5.74, 6) is -0.239. The topological polar surface area (TPSA) is 12.0 Å². The number of hydrogen-bond donors (Lipinski definition) is 1. The summed E-state index contributed by atoms with van der Waals surface area (Å²) >= 11 is 6.53. The quantitative estimate of drug-likeness (QED) is 0.841. The van der Waals surface area contributed by atoms with Crippen LogP contribution in [-0.2, 0) is 0 Å². The highest BCUT2D eigenvalue weighted by atomic mass is 79.9. The molecule has 1 N–H and O–H groups in total. The molecule has 0 aromatic heterocycles. The number of anilines is 1. The highest BCUT2D eigenvalue weighted by Gasteiger charge is 2.03. The van der Waals surface area contributed by atoms with Crippen molar-refractivity contribution in [1.82, 2.24) is 0 Å². The number of nitrogens with one attached hydrogen (secondary N) is 1. The smallest absolute Gasteiger partial charge is 0.123 e. The molecule has 1 aromatic rings. The molecule has 1 rings (SSSR count). The Hall–Kier alpha value is -0.350. The molecule has 0 spiro atoms. The van der Waals surface area contributed by atoms with Gasteiger partial charge >= 0.3 is 0 Å². The fraction of sp³-hybridized carbons (Fsp3) is 0.273. The van der Waals surface area contributed by atoms with E-state index < -0.39 is 0 Å². The number of halogens is 3. The molecule has 0 saturated heterocycles. The zero-order chi connectivity index (χ0) is 11.4. The lowest BCUT2D eigenvalue weighted by molar-refractivity contribution is 0.627. The minimum absolute atomic E-state index is 0.239. The van der Waals surface area contributed by atoms with Gasteiger partial charge in [-0.3, -0.25) is 0 Å². The Balaban J connectivity index is 3.08. The van der Waals surface area contributed by atoms with Crippen molar-refractivity contribution in [2.75, 3.05) is 5.32 Å². The SMILES string of the molecule is CC(C)Nc1ccc(F)cc1C=C(Br)Br. The molecule has 0 aliphatic carbocycles. The lowest BCUT2D eigenvalue weighted by atomic mass is 10.1. The fourth-order valence-electron chi connectivity index (χ4n) is 1.21. The van der Waals surface area contributed by atoms with Gasteiger partial charge in [0.25, 0.3) is 0 Å². The van der Waals surface area contributed by atoms with Crippen LogP contribution >= 0.6 is 31.9 Å². The average molecular weight is 337 g/mol. The van der Waals surface area contributed by atoms with E-state index in [2.05, 4.69) is 37.2 Å². The van der Waals surface area contributed by atoms with Crippen molar-refractivity contribution in [1.29, 1.82) is 0 Å². The Labute approximate surface area is 106 Å². The van der Waals surface area contributed by atoms with Crippen LogP contribution in [0.2, 0.25) is 0 Å². The Morgan fingerprint density at radius 1 is 1.40 bits per heavy atom. The molecule has 82 valence electrons. The van der Waals surface area contributed by atoms with Crippen molar-refractivity contribution >= 4 is 43.6 Å². The molecular weight excluding hydrogens is 325 g/mol. The summed E-state index contributed by atoms with van der Waals surface area (Å²) in [5, 5.41) is 3.25. The van der Waals surface area contributed by atoms with E-state index >= 15 is 0 Å². The first-order chi connectivity index (χ1) is 6.99. The van der Waals surface area contributed by atoms with Gasteiger partial charge in [-0.05, 0) is 70.0 Å². The van der Waals surface area contributed by atoms with Crippen LogP contribution in [0.25, 0.3) is 6.08 Å². The second kappa shape index (κ2) is 5.66. The van der Waals surface area contributed by atoms with E-state index in [1.54, 1.807) is 6.07 Å². The third kappa shape index (κ3) is 4.34. The van der Waals surface area contributed by atoms with Crippen LogP contribution in [0.3, 0.4) is 0 Å². The van der Waals surface area contributed by atoms with Crippen LogP contribution in [0.1, 0.15) is 19.4 Å². The molecule has 1 nitrogen and oxygen atoms in total. The van der Waals surface area contributed by atoms with Crippen LogP contribution in [0.15, 0.2) is 21.6 Å². The molecule has 0 saturated carbocycles. The monoisotopic (exact) mass is 335 g/mol. The van der Waals surface area contributed by atoms with Crippen LogP contribution < -0.4 is 5.32 Å². The molecule has 0 bridgehead atoms. The van der Waals surface area contributed by atoms with Gasteiger partial charge in [-0.1, -0.05) is 0 Å². The van der Waals surface area contributed by atoms with Crippen molar-refractivity contribution in [2.24, 2.45) is 0 Å². The van der Waals surface area contributed by atoms with Crippen LogP contribution in [0.5, 0.6) is 0 Å². The number of rotatable bonds is 3. The number of benzene rings is 1. The molecule has 0 atom stereocenters. The maximum Gasteiger partial charge on any atom is 0.123 e. The average Bonchev–Trinajstić information content (AvgIpc) is 2.08. The molecule has 1 aromatic carbocycles. The normalized spacial score (nSPS) is 10.3. The molecule has 0 heterocycles. The van der Waals surface area contributed by atoms with Gasteiger partial charge in [0.15, 0.2) is 0 Å². The summed E-state index contributed by atoms with van der Waals surface area (Å²) in [7, 11) is 0. The largest absolute Gasteiger partial charge is 0.382 e. The predicted octanol–water partition coefficient (Wildman–Crippen LogP) is 4.73. The first-order valence-electron chi connectivity index (χ1n) is 4.58. The predicted molar refractivity (Wildman–Crippen MR) is 71.0 cm³/mol. The van der Waals surface area contributed by atoms with Crippen LogP contribution in [0, 0.1) is 5.82 Å². The summed E-state index contributed by atoms with van der Waals surface area (Å²) in [6, 6.07) is 5.00. The van der Waals surface area contributed by atoms with E-state index in [1.165, 1.54) is 12.1 Å². The standard InChI is InChI=1S/C11H12Br2FN/c1-7(2)15-10-4-3-9(14)5-8(10)6-11(12)13/h3-7,15H,1-2H3. The van der Waals surface area contributed by atoms with Crippen LogP contribution in [-0.4, -0.2) is 6.04 Å². The lowest BCUT2D eigenvalue weighted by Crippen LogP contribution is -2.10. The Morgan fingerprint density at radius 2 is 2.07 bits per heavy atom. The van der Waals surface area contributed by atoms with Crippen molar-refractivity contribution in [2.45, 2.75) is 19.9 Å². The van der Waals surface area contributed by atoms with E-state index in [0.29, 0.717) is 6.04 Å². The zero-order valence-electron chi connectivity index (χ0n) is 8.52. The second-order valence-electron chi connectivity index (χ2n) is 3.46. The zero-order valence-corrected chi connectivity index (χ0v) is 11.7. The van der Waals surface area contributed by atoms with E-state index in [4.69, 9.17) is 0 Å².